The molecular formula is C18H22N6O. The predicted molar refractivity (Wildman–Crippen MR) is 95.8 cm³/mol. The number of benzene rings is 1. The summed E-state index contributed by atoms with van der Waals surface area (Å²) in [6.45, 7) is 0.990. The van der Waals surface area contributed by atoms with E-state index in [0.29, 0.717) is 6.04 Å². The van der Waals surface area contributed by atoms with Crippen LogP contribution in [-0.4, -0.2) is 44.7 Å². The molecule has 1 saturated heterocycles. The Morgan fingerprint density at radius 2 is 2.00 bits per heavy atom. The molecule has 1 aliphatic heterocycles. The molecule has 0 aliphatic carbocycles. The third-order valence-electron chi connectivity index (χ3n) is 4.90. The number of aryl methyl sites for hydroxylation is 1. The number of fused-ring (bicyclic) bond motifs is 1. The standard InChI is InChI=1S/C18H22N6O/c1-23-17-16(21-22-23)18(20-12-19-17)24-10-4-3-5-14(24)11-13-6-8-15(25-2)9-7-13/h6-9,12,14H,3-5,10-11H2,1-2H3/t14-/m0/s1. The second kappa shape index (κ2) is 6.66. The summed E-state index contributed by atoms with van der Waals surface area (Å²) in [5.41, 5.74) is 2.87. The predicted octanol–water partition coefficient (Wildman–Crippen LogP) is 2.37. The molecule has 3 aromatic rings. The van der Waals surface area contributed by atoms with Gasteiger partial charge >= 0.3 is 0 Å². The van der Waals surface area contributed by atoms with Gasteiger partial charge in [0.15, 0.2) is 17.0 Å². The highest BCUT2D eigenvalue weighted by Crippen LogP contribution is 2.29. The van der Waals surface area contributed by atoms with Crippen molar-refractivity contribution in [2.45, 2.75) is 31.7 Å². The molecular weight excluding hydrogens is 316 g/mol. The maximum Gasteiger partial charge on any atom is 0.183 e. The van der Waals surface area contributed by atoms with Gasteiger partial charge in [-0.3, -0.25) is 0 Å². The van der Waals surface area contributed by atoms with Gasteiger partial charge < -0.3 is 9.64 Å². The molecule has 7 heteroatoms. The van der Waals surface area contributed by atoms with Crippen LogP contribution >= 0.6 is 0 Å². The van der Waals surface area contributed by atoms with Crippen molar-refractivity contribution < 1.29 is 4.74 Å². The van der Waals surface area contributed by atoms with Crippen LogP contribution in [-0.2, 0) is 13.5 Å². The van der Waals surface area contributed by atoms with Crippen LogP contribution < -0.4 is 9.64 Å². The number of piperidine rings is 1. The highest BCUT2D eigenvalue weighted by Gasteiger charge is 2.26. The van der Waals surface area contributed by atoms with Crippen molar-refractivity contribution >= 4 is 17.0 Å². The lowest BCUT2D eigenvalue weighted by molar-refractivity contribution is 0.414. The molecule has 2 aromatic heterocycles. The maximum atomic E-state index is 5.26. The van der Waals surface area contributed by atoms with Crippen molar-refractivity contribution in [1.82, 2.24) is 25.0 Å². The Bertz CT molecular complexity index is 860. The normalized spacial score (nSPS) is 17.8. The first kappa shape index (κ1) is 15.8. The monoisotopic (exact) mass is 338 g/mol. The van der Waals surface area contributed by atoms with Crippen molar-refractivity contribution in [2.24, 2.45) is 7.05 Å². The largest absolute Gasteiger partial charge is 0.497 e. The molecule has 0 bridgehead atoms. The Balaban J connectivity index is 1.64. The number of hydrogen-bond acceptors (Lipinski definition) is 6. The summed E-state index contributed by atoms with van der Waals surface area (Å²) >= 11 is 0. The molecule has 0 amide bonds. The van der Waals surface area contributed by atoms with E-state index < -0.39 is 0 Å². The first-order valence-corrected chi connectivity index (χ1v) is 8.66. The minimum absolute atomic E-state index is 0.405. The van der Waals surface area contributed by atoms with Crippen LogP contribution in [0.25, 0.3) is 11.2 Å². The van der Waals surface area contributed by atoms with E-state index in [9.17, 15) is 0 Å². The number of anilines is 1. The second-order valence-electron chi connectivity index (χ2n) is 6.48. The number of aromatic nitrogens is 5. The first-order chi connectivity index (χ1) is 12.3. The number of rotatable bonds is 4. The molecule has 0 saturated carbocycles. The molecule has 3 heterocycles. The lowest BCUT2D eigenvalue weighted by Gasteiger charge is -2.36. The summed E-state index contributed by atoms with van der Waals surface area (Å²) in [6, 6.07) is 8.73. The van der Waals surface area contributed by atoms with Crippen LogP contribution in [0, 0.1) is 0 Å². The van der Waals surface area contributed by atoms with Crippen LogP contribution in [0.2, 0.25) is 0 Å². The fourth-order valence-electron chi connectivity index (χ4n) is 3.58. The van der Waals surface area contributed by atoms with E-state index in [4.69, 9.17) is 4.74 Å². The van der Waals surface area contributed by atoms with Crippen LogP contribution in [0.5, 0.6) is 5.75 Å². The molecule has 0 spiro atoms. The SMILES string of the molecule is COc1ccc(C[C@@H]2CCCCN2c2ncnc3c2nnn3C)cc1. The Labute approximate surface area is 146 Å². The topological polar surface area (TPSA) is 69.0 Å². The van der Waals surface area contributed by atoms with Gasteiger partial charge in [-0.1, -0.05) is 17.3 Å². The van der Waals surface area contributed by atoms with Gasteiger partial charge in [0.2, 0.25) is 0 Å². The van der Waals surface area contributed by atoms with Crippen molar-refractivity contribution in [3.63, 3.8) is 0 Å². The maximum absolute atomic E-state index is 5.26. The minimum atomic E-state index is 0.405. The quantitative estimate of drug-likeness (QED) is 0.727. The molecule has 0 unspecified atom stereocenters. The summed E-state index contributed by atoms with van der Waals surface area (Å²) in [5.74, 6) is 1.79. The van der Waals surface area contributed by atoms with Crippen molar-refractivity contribution in [3.8, 4) is 5.75 Å². The molecule has 130 valence electrons. The summed E-state index contributed by atoms with van der Waals surface area (Å²) in [7, 11) is 3.55. The first-order valence-electron chi connectivity index (χ1n) is 8.66. The second-order valence-corrected chi connectivity index (χ2v) is 6.48. The Kier molecular flexibility index (Phi) is 4.21. The third-order valence-corrected chi connectivity index (χ3v) is 4.90. The Morgan fingerprint density at radius 3 is 2.80 bits per heavy atom. The Morgan fingerprint density at radius 1 is 1.16 bits per heavy atom. The molecule has 1 aromatic carbocycles. The summed E-state index contributed by atoms with van der Waals surface area (Å²) in [5, 5.41) is 8.39. The van der Waals surface area contributed by atoms with E-state index in [2.05, 4.69) is 37.3 Å². The van der Waals surface area contributed by atoms with Crippen molar-refractivity contribution in [2.75, 3.05) is 18.6 Å². The smallest absolute Gasteiger partial charge is 0.183 e. The van der Waals surface area contributed by atoms with Gasteiger partial charge in [0.25, 0.3) is 0 Å². The highest BCUT2D eigenvalue weighted by molar-refractivity contribution is 5.82. The van der Waals surface area contributed by atoms with Crippen LogP contribution in [0.1, 0.15) is 24.8 Å². The summed E-state index contributed by atoms with van der Waals surface area (Å²) < 4.78 is 6.95. The fourth-order valence-corrected chi connectivity index (χ4v) is 3.58. The molecule has 25 heavy (non-hydrogen) atoms. The van der Waals surface area contributed by atoms with E-state index in [0.717, 1.165) is 42.1 Å². The lowest BCUT2D eigenvalue weighted by atomic mass is 9.95. The lowest BCUT2D eigenvalue weighted by Crippen LogP contribution is -2.41. The van der Waals surface area contributed by atoms with Crippen LogP contribution in [0.3, 0.4) is 0 Å². The fraction of sp³-hybridized carbons (Fsp3) is 0.444. The van der Waals surface area contributed by atoms with Gasteiger partial charge in [-0.15, -0.1) is 5.10 Å². The zero-order chi connectivity index (χ0) is 17.2. The number of methoxy groups -OCH3 is 1. The van der Waals surface area contributed by atoms with Crippen LogP contribution in [0.4, 0.5) is 5.82 Å². The van der Waals surface area contributed by atoms with E-state index in [1.54, 1.807) is 18.1 Å². The zero-order valence-electron chi connectivity index (χ0n) is 14.6. The third kappa shape index (κ3) is 3.01. The van der Waals surface area contributed by atoms with E-state index in [1.165, 1.54) is 18.4 Å². The molecule has 1 fully saturated rings. The zero-order valence-corrected chi connectivity index (χ0v) is 14.6. The van der Waals surface area contributed by atoms with Gasteiger partial charge in [0.1, 0.15) is 12.1 Å². The van der Waals surface area contributed by atoms with Gasteiger partial charge in [-0.25, -0.2) is 14.6 Å². The van der Waals surface area contributed by atoms with E-state index >= 15 is 0 Å². The number of hydrogen-bond donors (Lipinski definition) is 0. The van der Waals surface area contributed by atoms with Gasteiger partial charge in [0, 0.05) is 19.6 Å². The molecule has 0 radical (unpaired) electrons. The van der Waals surface area contributed by atoms with Crippen molar-refractivity contribution in [3.05, 3.63) is 36.2 Å². The molecule has 7 nitrogen and oxygen atoms in total. The van der Waals surface area contributed by atoms with Gasteiger partial charge in [-0.05, 0) is 43.4 Å². The number of nitrogens with zero attached hydrogens (tertiary/aromatic N) is 6. The number of ether oxygens (including phenoxy) is 1. The van der Waals surface area contributed by atoms with E-state index in [1.807, 2.05) is 19.2 Å². The highest BCUT2D eigenvalue weighted by atomic mass is 16.5. The summed E-state index contributed by atoms with van der Waals surface area (Å²) in [6.07, 6.45) is 6.16. The molecule has 1 aliphatic rings. The molecule has 4 rings (SSSR count). The minimum Gasteiger partial charge on any atom is -0.497 e. The van der Waals surface area contributed by atoms with Crippen LogP contribution in [0.15, 0.2) is 30.6 Å². The van der Waals surface area contributed by atoms with E-state index in [-0.39, 0.29) is 0 Å². The molecule has 0 N–H and O–H groups in total. The average molecular weight is 338 g/mol. The van der Waals surface area contributed by atoms with Gasteiger partial charge in [-0.2, -0.15) is 0 Å². The van der Waals surface area contributed by atoms with Crippen molar-refractivity contribution in [1.29, 1.82) is 0 Å². The average Bonchev–Trinajstić information content (AvgIpc) is 3.04. The summed E-state index contributed by atoms with van der Waals surface area (Å²) in [4.78, 5) is 11.2. The molecule has 1 atom stereocenters. The van der Waals surface area contributed by atoms with Gasteiger partial charge in [0.05, 0.1) is 7.11 Å². The Hall–Kier alpha value is -2.70.